The van der Waals surface area contributed by atoms with Crippen LogP contribution >= 0.6 is 11.3 Å². The van der Waals surface area contributed by atoms with Gasteiger partial charge in [-0.1, -0.05) is 42.5 Å². The lowest BCUT2D eigenvalue weighted by molar-refractivity contribution is 0.187. The van der Waals surface area contributed by atoms with Gasteiger partial charge in [-0.2, -0.15) is 0 Å². The summed E-state index contributed by atoms with van der Waals surface area (Å²) >= 11 is 1.75. The van der Waals surface area contributed by atoms with Crippen molar-refractivity contribution >= 4 is 26.7 Å². The number of hydrogen-bond acceptors (Lipinski definition) is 8. The molecule has 1 aliphatic heterocycles. The average molecular weight is 464 g/mol. The Morgan fingerprint density at radius 3 is 2.45 bits per heavy atom. The van der Waals surface area contributed by atoms with Crippen LogP contribution in [0.2, 0.25) is 0 Å². The Bertz CT molecular complexity index is 1190. The summed E-state index contributed by atoms with van der Waals surface area (Å²) in [5.74, 6) is 1.09. The van der Waals surface area contributed by atoms with Gasteiger partial charge in [0.25, 0.3) is 0 Å². The zero-order valence-corrected chi connectivity index (χ0v) is 20.0. The Kier molecular flexibility index (Phi) is 5.76. The Labute approximate surface area is 197 Å². The third kappa shape index (κ3) is 4.18. The minimum atomic E-state index is -0.198. The second-order valence-electron chi connectivity index (χ2n) is 9.10. The van der Waals surface area contributed by atoms with Crippen LogP contribution in [0.4, 0.5) is 5.13 Å². The zero-order chi connectivity index (χ0) is 23.0. The lowest BCUT2D eigenvalue weighted by atomic mass is 9.99. The molecule has 2 aromatic carbocycles. The van der Waals surface area contributed by atoms with Gasteiger partial charge in [-0.05, 0) is 60.5 Å². The second-order valence-corrected chi connectivity index (χ2v) is 10.1. The number of tetrazole rings is 1. The molecule has 1 atom stereocenters. The maximum absolute atomic E-state index is 9.85. The van der Waals surface area contributed by atoms with Crippen molar-refractivity contribution in [3.63, 3.8) is 0 Å². The highest BCUT2D eigenvalue weighted by atomic mass is 32.1. The molecule has 1 aliphatic rings. The molecule has 0 amide bonds. The summed E-state index contributed by atoms with van der Waals surface area (Å²) in [6, 6.07) is 15.6. The number of aromatic nitrogens is 5. The summed E-state index contributed by atoms with van der Waals surface area (Å²) in [6.45, 7) is 9.96. The van der Waals surface area contributed by atoms with Crippen LogP contribution in [0.1, 0.15) is 44.6 Å². The van der Waals surface area contributed by atoms with Crippen LogP contribution in [0.3, 0.4) is 0 Å². The number of nitrogens with zero attached hydrogens (tertiary/aromatic N) is 7. The number of anilines is 1. The molecule has 0 radical (unpaired) electrons. The molecule has 0 bridgehead atoms. The summed E-state index contributed by atoms with van der Waals surface area (Å²) in [5, 5.41) is 23.8. The molecular weight excluding hydrogens is 434 g/mol. The van der Waals surface area contributed by atoms with Crippen LogP contribution in [0.25, 0.3) is 10.2 Å². The number of phenolic OH excluding ortho intramolecular Hbond substituents is 1. The molecule has 1 fully saturated rings. The van der Waals surface area contributed by atoms with Crippen molar-refractivity contribution in [2.24, 2.45) is 0 Å². The first-order chi connectivity index (χ1) is 16.0. The minimum Gasteiger partial charge on any atom is -0.508 e. The van der Waals surface area contributed by atoms with Crippen LogP contribution in [-0.4, -0.2) is 61.4 Å². The Hall–Kier alpha value is -3.04. The molecule has 0 spiro atoms. The molecule has 2 aromatic heterocycles. The van der Waals surface area contributed by atoms with E-state index in [0.29, 0.717) is 0 Å². The Morgan fingerprint density at radius 1 is 1.03 bits per heavy atom. The fourth-order valence-electron chi connectivity index (χ4n) is 4.29. The van der Waals surface area contributed by atoms with Crippen LogP contribution in [0, 0.1) is 0 Å². The molecule has 33 heavy (non-hydrogen) atoms. The van der Waals surface area contributed by atoms with Crippen molar-refractivity contribution < 1.29 is 5.11 Å². The Morgan fingerprint density at radius 2 is 1.76 bits per heavy atom. The van der Waals surface area contributed by atoms with Crippen molar-refractivity contribution in [1.29, 1.82) is 0 Å². The van der Waals surface area contributed by atoms with Gasteiger partial charge in [-0.3, -0.25) is 4.90 Å². The number of aromatic hydroxyl groups is 1. The number of fused-ring (bicyclic) bond motifs is 1. The Balaban J connectivity index is 1.43. The van der Waals surface area contributed by atoms with E-state index in [0.717, 1.165) is 54.6 Å². The smallest absolute Gasteiger partial charge is 0.186 e. The fraction of sp³-hybridized carbons (Fsp3) is 0.417. The molecule has 4 aromatic rings. The maximum atomic E-state index is 9.85. The number of rotatable bonds is 6. The number of hydrogen-bond donors (Lipinski definition) is 1. The van der Waals surface area contributed by atoms with Crippen molar-refractivity contribution in [2.45, 2.75) is 38.8 Å². The van der Waals surface area contributed by atoms with Gasteiger partial charge < -0.3 is 10.0 Å². The van der Waals surface area contributed by atoms with E-state index in [1.54, 1.807) is 23.5 Å². The number of piperazine rings is 1. The molecule has 9 heteroatoms. The van der Waals surface area contributed by atoms with Crippen molar-refractivity contribution in [3.8, 4) is 5.75 Å². The normalized spacial score (nSPS) is 16.4. The molecule has 1 saturated heterocycles. The molecule has 1 N–H and O–H groups in total. The molecule has 0 saturated carbocycles. The summed E-state index contributed by atoms with van der Waals surface area (Å²) in [4.78, 5) is 9.65. The van der Waals surface area contributed by atoms with E-state index >= 15 is 0 Å². The van der Waals surface area contributed by atoms with E-state index < -0.39 is 0 Å². The fourth-order valence-corrected chi connectivity index (χ4v) is 5.31. The highest BCUT2D eigenvalue weighted by molar-refractivity contribution is 7.22. The predicted octanol–water partition coefficient (Wildman–Crippen LogP) is 4.05. The van der Waals surface area contributed by atoms with Gasteiger partial charge in [0.15, 0.2) is 11.0 Å². The van der Waals surface area contributed by atoms with Crippen LogP contribution in [-0.2, 0) is 5.54 Å². The quantitative estimate of drug-likeness (QED) is 0.462. The summed E-state index contributed by atoms with van der Waals surface area (Å²) in [7, 11) is 0. The van der Waals surface area contributed by atoms with E-state index in [-0.39, 0.29) is 17.3 Å². The van der Waals surface area contributed by atoms with Crippen molar-refractivity contribution in [2.75, 3.05) is 31.1 Å². The van der Waals surface area contributed by atoms with Gasteiger partial charge in [-0.25, -0.2) is 9.67 Å². The van der Waals surface area contributed by atoms with Gasteiger partial charge in [0.2, 0.25) is 0 Å². The predicted molar refractivity (Wildman–Crippen MR) is 131 cm³/mol. The number of thiazole rings is 1. The molecule has 172 valence electrons. The van der Waals surface area contributed by atoms with Gasteiger partial charge in [-0.15, -0.1) is 5.10 Å². The van der Waals surface area contributed by atoms with Gasteiger partial charge in [0.1, 0.15) is 5.75 Å². The molecule has 0 aliphatic carbocycles. The second kappa shape index (κ2) is 8.72. The largest absolute Gasteiger partial charge is 0.508 e. The summed E-state index contributed by atoms with van der Waals surface area (Å²) in [6.07, 6.45) is 0.915. The van der Waals surface area contributed by atoms with E-state index in [2.05, 4.69) is 64.3 Å². The highest BCUT2D eigenvalue weighted by Gasteiger charge is 2.34. The first-order valence-corrected chi connectivity index (χ1v) is 12.2. The summed E-state index contributed by atoms with van der Waals surface area (Å²) in [5.41, 5.74) is 1.93. The third-order valence-electron chi connectivity index (χ3n) is 6.62. The lowest BCUT2D eigenvalue weighted by Gasteiger charge is -2.39. The molecule has 5 rings (SSSR count). The van der Waals surface area contributed by atoms with Crippen molar-refractivity contribution in [3.05, 3.63) is 59.9 Å². The lowest BCUT2D eigenvalue weighted by Crippen LogP contribution is -2.48. The van der Waals surface area contributed by atoms with Crippen LogP contribution in [0.15, 0.2) is 48.5 Å². The van der Waals surface area contributed by atoms with Gasteiger partial charge in [0, 0.05) is 26.2 Å². The third-order valence-corrected chi connectivity index (χ3v) is 7.72. The number of phenols is 1. The van der Waals surface area contributed by atoms with Crippen molar-refractivity contribution in [1.82, 2.24) is 30.1 Å². The molecule has 0 unspecified atom stereocenters. The first-order valence-electron chi connectivity index (χ1n) is 11.4. The first kappa shape index (κ1) is 21.8. The topological polar surface area (TPSA) is 83.2 Å². The van der Waals surface area contributed by atoms with Crippen LogP contribution < -0.4 is 4.90 Å². The standard InChI is InChI=1S/C24H29N7OS/c1-4-24(2,3)31-22(26-27-28-31)21(17-9-11-18(32)12-10-17)29-13-15-30(16-14-29)23-25-19-7-5-6-8-20(19)33-23/h5-12,21,32H,4,13-16H2,1-3H3/t21-/m0/s1. The molecular formula is C24H29N7OS. The summed E-state index contributed by atoms with van der Waals surface area (Å²) < 4.78 is 3.18. The zero-order valence-electron chi connectivity index (χ0n) is 19.2. The number of benzene rings is 2. The molecule has 8 nitrogen and oxygen atoms in total. The van der Waals surface area contributed by atoms with Gasteiger partial charge >= 0.3 is 0 Å². The van der Waals surface area contributed by atoms with E-state index in [1.807, 2.05) is 22.9 Å². The monoisotopic (exact) mass is 463 g/mol. The van der Waals surface area contributed by atoms with Crippen LogP contribution in [0.5, 0.6) is 5.75 Å². The average Bonchev–Trinajstić information content (AvgIpc) is 3.49. The molecule has 3 heterocycles. The maximum Gasteiger partial charge on any atom is 0.186 e. The van der Waals surface area contributed by atoms with E-state index in [1.165, 1.54) is 4.70 Å². The SMILES string of the molecule is CCC(C)(C)n1nnnc1[C@H](c1ccc(O)cc1)N1CCN(c2nc3ccccc3s2)CC1. The van der Waals surface area contributed by atoms with E-state index in [4.69, 9.17) is 4.98 Å². The number of para-hydroxylation sites is 1. The van der Waals surface area contributed by atoms with E-state index in [9.17, 15) is 5.11 Å². The minimum absolute atomic E-state index is 0.0936. The highest BCUT2D eigenvalue weighted by Crippen LogP contribution is 2.34. The van der Waals surface area contributed by atoms with Gasteiger partial charge in [0.05, 0.1) is 21.8 Å².